The first kappa shape index (κ1) is 17.3. The summed E-state index contributed by atoms with van der Waals surface area (Å²) < 4.78 is 32.3. The van der Waals surface area contributed by atoms with Crippen molar-refractivity contribution in [2.24, 2.45) is 0 Å². The lowest BCUT2D eigenvalue weighted by Crippen LogP contribution is -2.52. The van der Waals surface area contributed by atoms with Crippen LogP contribution < -0.4 is 5.32 Å². The molecule has 0 radical (unpaired) electrons. The summed E-state index contributed by atoms with van der Waals surface area (Å²) in [4.78, 5) is 12.8. The second-order valence-electron chi connectivity index (χ2n) is 6.91. The van der Waals surface area contributed by atoms with Crippen LogP contribution in [0, 0.1) is 0 Å². The summed E-state index contributed by atoms with van der Waals surface area (Å²) in [7, 11) is 0. The van der Waals surface area contributed by atoms with E-state index < -0.39 is 17.1 Å². The number of nitrogens with one attached hydrogen (secondary N) is 1. The highest BCUT2D eigenvalue weighted by atomic mass is 19.3. The van der Waals surface area contributed by atoms with Gasteiger partial charge in [-0.25, -0.2) is 8.78 Å². The first-order chi connectivity index (χ1) is 11.4. The topological polar surface area (TPSA) is 58.6 Å². The van der Waals surface area contributed by atoms with Gasteiger partial charge >= 0.3 is 0 Å². The molecule has 1 aliphatic heterocycles. The van der Waals surface area contributed by atoms with E-state index in [0.29, 0.717) is 13.0 Å². The number of alkyl halides is 2. The Bertz CT molecular complexity index is 575. The molecule has 0 aromatic heterocycles. The number of hydrogen-bond donors (Lipinski definition) is 2. The van der Waals surface area contributed by atoms with Crippen molar-refractivity contribution in [1.82, 2.24) is 5.32 Å². The van der Waals surface area contributed by atoms with Crippen LogP contribution in [0.15, 0.2) is 30.3 Å². The van der Waals surface area contributed by atoms with Crippen molar-refractivity contribution in [1.29, 1.82) is 0 Å². The van der Waals surface area contributed by atoms with Crippen molar-refractivity contribution in [3.63, 3.8) is 0 Å². The molecular weight excluding hydrogens is 316 g/mol. The van der Waals surface area contributed by atoms with E-state index in [0.717, 1.165) is 12.0 Å². The van der Waals surface area contributed by atoms with Gasteiger partial charge in [-0.1, -0.05) is 30.3 Å². The molecule has 3 rings (SSSR count). The Morgan fingerprint density at radius 3 is 2.38 bits per heavy atom. The minimum absolute atomic E-state index is 0.0144. The van der Waals surface area contributed by atoms with Crippen molar-refractivity contribution >= 4 is 5.91 Å². The van der Waals surface area contributed by atoms with Gasteiger partial charge in [-0.05, 0) is 31.2 Å². The Morgan fingerprint density at radius 2 is 1.79 bits per heavy atom. The third kappa shape index (κ3) is 3.44. The van der Waals surface area contributed by atoms with E-state index >= 15 is 0 Å². The Hall–Kier alpha value is -1.53. The predicted octanol–water partition coefficient (Wildman–Crippen LogP) is 2.75. The Labute approximate surface area is 140 Å². The van der Waals surface area contributed by atoms with Gasteiger partial charge in [0.25, 0.3) is 5.91 Å². The van der Waals surface area contributed by atoms with E-state index in [1.807, 2.05) is 30.3 Å². The van der Waals surface area contributed by atoms with Crippen LogP contribution in [0.5, 0.6) is 0 Å². The minimum Gasteiger partial charge on any atom is -0.388 e. The molecule has 1 saturated carbocycles. The van der Waals surface area contributed by atoms with Crippen LogP contribution in [0.3, 0.4) is 0 Å². The fraction of sp³-hybridized carbons (Fsp3) is 0.611. The van der Waals surface area contributed by atoms with Gasteiger partial charge in [-0.3, -0.25) is 4.79 Å². The zero-order valence-electron chi connectivity index (χ0n) is 13.6. The van der Waals surface area contributed by atoms with E-state index in [4.69, 9.17) is 4.74 Å². The molecule has 1 unspecified atom stereocenters. The monoisotopic (exact) mass is 339 g/mol. The molecule has 2 N–H and O–H groups in total. The van der Waals surface area contributed by atoms with Gasteiger partial charge in [0.1, 0.15) is 0 Å². The van der Waals surface area contributed by atoms with E-state index in [1.54, 1.807) is 0 Å². The molecule has 1 heterocycles. The Balaban J connectivity index is 1.67. The number of halogens is 2. The first-order valence-electron chi connectivity index (χ1n) is 8.43. The van der Waals surface area contributed by atoms with Crippen molar-refractivity contribution in [2.45, 2.75) is 55.6 Å². The summed E-state index contributed by atoms with van der Waals surface area (Å²) in [6.45, 7) is 0.471. The zero-order valence-corrected chi connectivity index (χ0v) is 13.6. The summed E-state index contributed by atoms with van der Waals surface area (Å²) in [6.07, 6.45) is 0.622. The number of carbonyl (C=O) groups is 1. The average Bonchev–Trinajstić information content (AvgIpc) is 3.08. The molecule has 1 aromatic rings. The summed E-state index contributed by atoms with van der Waals surface area (Å²) >= 11 is 0. The average molecular weight is 339 g/mol. The van der Waals surface area contributed by atoms with Crippen LogP contribution in [0.25, 0.3) is 0 Å². The van der Waals surface area contributed by atoms with Crippen LogP contribution in [-0.2, 0) is 15.1 Å². The SMILES string of the molecule is O=C(NCC1(O)CCC(F)(F)CC1)C1(c2ccccc2)CCCO1. The van der Waals surface area contributed by atoms with E-state index in [2.05, 4.69) is 5.32 Å². The summed E-state index contributed by atoms with van der Waals surface area (Å²) in [5.74, 6) is -3.02. The molecular formula is C18H23F2NO3. The highest BCUT2D eigenvalue weighted by Crippen LogP contribution is 2.39. The summed E-state index contributed by atoms with van der Waals surface area (Å²) in [6, 6.07) is 9.27. The molecule has 1 saturated heterocycles. The lowest BCUT2D eigenvalue weighted by atomic mass is 9.82. The highest BCUT2D eigenvalue weighted by molar-refractivity contribution is 5.87. The van der Waals surface area contributed by atoms with Crippen molar-refractivity contribution < 1.29 is 23.4 Å². The molecule has 4 nitrogen and oxygen atoms in total. The second kappa shape index (κ2) is 6.41. The maximum atomic E-state index is 13.3. The molecule has 6 heteroatoms. The number of hydrogen-bond acceptors (Lipinski definition) is 3. The van der Waals surface area contributed by atoms with Crippen LogP contribution in [0.1, 0.15) is 44.1 Å². The van der Waals surface area contributed by atoms with Gasteiger partial charge in [-0.2, -0.15) is 0 Å². The number of rotatable bonds is 4. The summed E-state index contributed by atoms with van der Waals surface area (Å²) in [5.41, 5.74) is -1.54. The second-order valence-corrected chi connectivity index (χ2v) is 6.91. The molecule has 0 bridgehead atoms. The van der Waals surface area contributed by atoms with Crippen LogP contribution in [-0.4, -0.2) is 35.7 Å². The standard InChI is InChI=1S/C18H23F2NO3/c19-17(20)10-8-16(23,9-11-17)13-21-15(22)18(7-4-12-24-18)14-5-2-1-3-6-14/h1-3,5-6,23H,4,7-13H2,(H,21,22). The molecule has 1 aliphatic carbocycles. The molecule has 2 fully saturated rings. The molecule has 132 valence electrons. The van der Waals surface area contributed by atoms with Crippen LogP contribution in [0.2, 0.25) is 0 Å². The fourth-order valence-electron chi connectivity index (χ4n) is 3.53. The van der Waals surface area contributed by atoms with Crippen LogP contribution >= 0.6 is 0 Å². The number of carbonyl (C=O) groups excluding carboxylic acids is 1. The molecule has 0 spiro atoms. The quantitative estimate of drug-likeness (QED) is 0.887. The molecule has 2 aliphatic rings. The van der Waals surface area contributed by atoms with E-state index in [9.17, 15) is 18.7 Å². The lowest BCUT2D eigenvalue weighted by Gasteiger charge is -2.37. The smallest absolute Gasteiger partial charge is 0.257 e. The van der Waals surface area contributed by atoms with E-state index in [-0.39, 0.29) is 38.1 Å². The van der Waals surface area contributed by atoms with Crippen molar-refractivity contribution in [2.75, 3.05) is 13.2 Å². The fourth-order valence-corrected chi connectivity index (χ4v) is 3.53. The molecule has 1 amide bonds. The van der Waals surface area contributed by atoms with Crippen LogP contribution in [0.4, 0.5) is 8.78 Å². The van der Waals surface area contributed by atoms with Gasteiger partial charge in [-0.15, -0.1) is 0 Å². The normalized spacial score (nSPS) is 28.5. The first-order valence-corrected chi connectivity index (χ1v) is 8.43. The maximum Gasteiger partial charge on any atom is 0.257 e. The minimum atomic E-state index is -2.71. The third-order valence-corrected chi connectivity index (χ3v) is 5.12. The lowest BCUT2D eigenvalue weighted by molar-refractivity contribution is -0.145. The van der Waals surface area contributed by atoms with Gasteiger partial charge in [0, 0.05) is 26.0 Å². The number of ether oxygens (including phenoxy) is 1. The maximum absolute atomic E-state index is 13.3. The van der Waals surface area contributed by atoms with Gasteiger partial charge in [0.05, 0.1) is 5.60 Å². The molecule has 1 atom stereocenters. The predicted molar refractivity (Wildman–Crippen MR) is 84.7 cm³/mol. The van der Waals surface area contributed by atoms with Gasteiger partial charge in [0.15, 0.2) is 5.60 Å². The van der Waals surface area contributed by atoms with E-state index in [1.165, 1.54) is 0 Å². The Kier molecular flexibility index (Phi) is 4.62. The summed E-state index contributed by atoms with van der Waals surface area (Å²) in [5, 5.41) is 13.2. The number of aliphatic hydroxyl groups is 1. The van der Waals surface area contributed by atoms with Gasteiger partial charge < -0.3 is 15.2 Å². The largest absolute Gasteiger partial charge is 0.388 e. The van der Waals surface area contributed by atoms with Crippen molar-refractivity contribution in [3.8, 4) is 0 Å². The number of amides is 1. The highest BCUT2D eigenvalue weighted by Gasteiger charge is 2.46. The third-order valence-electron chi connectivity index (χ3n) is 5.12. The van der Waals surface area contributed by atoms with Crippen molar-refractivity contribution in [3.05, 3.63) is 35.9 Å². The molecule has 1 aromatic carbocycles. The molecule has 24 heavy (non-hydrogen) atoms. The zero-order chi connectivity index (χ0) is 17.3. The van der Waals surface area contributed by atoms with Gasteiger partial charge in [0.2, 0.25) is 5.92 Å². The Morgan fingerprint density at radius 1 is 1.12 bits per heavy atom. The number of benzene rings is 1.